The molecule has 0 aromatic heterocycles. The number of methoxy groups -OCH3 is 1. The van der Waals surface area contributed by atoms with Crippen LogP contribution in [0, 0.1) is 5.92 Å². The Bertz CT molecular complexity index is 269. The van der Waals surface area contributed by atoms with Gasteiger partial charge in [0, 0.05) is 13.2 Å². The van der Waals surface area contributed by atoms with Crippen molar-refractivity contribution in [1.82, 2.24) is 4.72 Å². The predicted octanol–water partition coefficient (Wildman–Crippen LogP) is -0.320. The van der Waals surface area contributed by atoms with Crippen molar-refractivity contribution in [1.29, 1.82) is 0 Å². The average molecular weight is 236 g/mol. The van der Waals surface area contributed by atoms with Gasteiger partial charge in [0.2, 0.25) is 10.0 Å². The molecular weight excluding hydrogens is 216 g/mol. The van der Waals surface area contributed by atoms with Gasteiger partial charge < -0.3 is 10.5 Å². The first-order chi connectivity index (χ1) is 7.07. The van der Waals surface area contributed by atoms with Crippen LogP contribution in [-0.2, 0) is 14.8 Å². The number of rotatable bonds is 8. The van der Waals surface area contributed by atoms with Gasteiger partial charge in [0.1, 0.15) is 0 Å². The van der Waals surface area contributed by atoms with Gasteiger partial charge in [-0.15, -0.1) is 0 Å². The van der Waals surface area contributed by atoms with Gasteiger partial charge in [-0.05, 0) is 31.7 Å². The number of hydrogen-bond donors (Lipinski definition) is 2. The summed E-state index contributed by atoms with van der Waals surface area (Å²) in [4.78, 5) is 0. The Morgan fingerprint density at radius 3 is 2.67 bits per heavy atom. The molecule has 3 N–H and O–H groups in total. The molecule has 1 rings (SSSR count). The van der Waals surface area contributed by atoms with Gasteiger partial charge in [-0.25, -0.2) is 13.1 Å². The van der Waals surface area contributed by atoms with Crippen molar-refractivity contribution < 1.29 is 13.2 Å². The van der Waals surface area contributed by atoms with E-state index in [1.807, 2.05) is 0 Å². The van der Waals surface area contributed by atoms with Crippen LogP contribution in [0.2, 0.25) is 0 Å². The van der Waals surface area contributed by atoms with E-state index in [4.69, 9.17) is 10.5 Å². The van der Waals surface area contributed by atoms with E-state index in [0.717, 1.165) is 12.8 Å². The summed E-state index contributed by atoms with van der Waals surface area (Å²) in [5, 5.41) is 0. The zero-order valence-electron chi connectivity index (χ0n) is 9.11. The van der Waals surface area contributed by atoms with Gasteiger partial charge in [0.15, 0.2) is 0 Å². The summed E-state index contributed by atoms with van der Waals surface area (Å²) in [6.07, 6.45) is 2.68. The predicted molar refractivity (Wildman–Crippen MR) is 59.0 cm³/mol. The standard InChI is InChI=1S/C9H20N2O3S/c1-14-6-9(4-5-10)11-15(12,13)7-8-2-3-8/h8-9,11H,2-7,10H2,1H3. The molecule has 1 atom stereocenters. The van der Waals surface area contributed by atoms with Crippen LogP contribution < -0.4 is 10.5 Å². The van der Waals surface area contributed by atoms with Crippen molar-refractivity contribution in [3.63, 3.8) is 0 Å². The van der Waals surface area contributed by atoms with Crippen LogP contribution in [0.3, 0.4) is 0 Å². The minimum Gasteiger partial charge on any atom is -0.383 e. The van der Waals surface area contributed by atoms with E-state index in [9.17, 15) is 8.42 Å². The molecule has 0 aliphatic heterocycles. The maximum absolute atomic E-state index is 11.6. The maximum atomic E-state index is 11.6. The molecule has 0 heterocycles. The molecule has 15 heavy (non-hydrogen) atoms. The molecule has 1 saturated carbocycles. The summed E-state index contributed by atoms with van der Waals surface area (Å²) in [6, 6.07) is -0.191. The summed E-state index contributed by atoms with van der Waals surface area (Å²) in [6.45, 7) is 0.834. The number of nitrogens with one attached hydrogen (secondary N) is 1. The van der Waals surface area contributed by atoms with Crippen molar-refractivity contribution in [2.75, 3.05) is 26.0 Å². The Labute approximate surface area is 91.4 Å². The van der Waals surface area contributed by atoms with Crippen LogP contribution in [-0.4, -0.2) is 40.5 Å². The SMILES string of the molecule is COCC(CCN)NS(=O)(=O)CC1CC1. The van der Waals surface area contributed by atoms with Gasteiger partial charge in [-0.3, -0.25) is 0 Å². The number of nitrogens with two attached hydrogens (primary N) is 1. The van der Waals surface area contributed by atoms with E-state index in [1.54, 1.807) is 7.11 Å². The molecule has 0 aromatic carbocycles. The molecule has 6 heteroatoms. The third-order valence-corrected chi connectivity index (χ3v) is 3.98. The fraction of sp³-hybridized carbons (Fsp3) is 1.00. The molecule has 5 nitrogen and oxygen atoms in total. The molecule has 0 spiro atoms. The highest BCUT2D eigenvalue weighted by atomic mass is 32.2. The third kappa shape index (κ3) is 5.46. The summed E-state index contributed by atoms with van der Waals surface area (Å²) < 4.78 is 30.8. The van der Waals surface area contributed by atoms with Crippen LogP contribution >= 0.6 is 0 Å². The van der Waals surface area contributed by atoms with Crippen LogP contribution in [0.5, 0.6) is 0 Å². The van der Waals surface area contributed by atoms with Gasteiger partial charge in [0.05, 0.1) is 12.4 Å². The molecule has 1 fully saturated rings. The van der Waals surface area contributed by atoms with Crippen LogP contribution in [0.15, 0.2) is 0 Å². The largest absolute Gasteiger partial charge is 0.383 e. The first-order valence-corrected chi connectivity index (χ1v) is 6.91. The fourth-order valence-electron chi connectivity index (χ4n) is 1.48. The van der Waals surface area contributed by atoms with Crippen molar-refractivity contribution in [3.8, 4) is 0 Å². The zero-order chi connectivity index (χ0) is 11.3. The second kappa shape index (κ2) is 5.79. The van der Waals surface area contributed by atoms with Crippen LogP contribution in [0.1, 0.15) is 19.3 Å². The van der Waals surface area contributed by atoms with E-state index < -0.39 is 10.0 Å². The van der Waals surface area contributed by atoms with E-state index in [-0.39, 0.29) is 11.8 Å². The van der Waals surface area contributed by atoms with Gasteiger partial charge in [-0.2, -0.15) is 0 Å². The molecule has 90 valence electrons. The monoisotopic (exact) mass is 236 g/mol. The normalized spacial score (nSPS) is 19.1. The zero-order valence-corrected chi connectivity index (χ0v) is 9.92. The van der Waals surface area contributed by atoms with Crippen molar-refractivity contribution in [3.05, 3.63) is 0 Å². The summed E-state index contributed by atoms with van der Waals surface area (Å²) in [7, 11) is -1.59. The van der Waals surface area contributed by atoms with Crippen LogP contribution in [0.4, 0.5) is 0 Å². The molecule has 0 aromatic rings. The molecule has 0 saturated heterocycles. The van der Waals surface area contributed by atoms with Crippen molar-refractivity contribution >= 4 is 10.0 Å². The Morgan fingerprint density at radius 1 is 1.53 bits per heavy atom. The number of hydrogen-bond acceptors (Lipinski definition) is 4. The van der Waals surface area contributed by atoms with Crippen molar-refractivity contribution in [2.45, 2.75) is 25.3 Å². The average Bonchev–Trinajstić information content (AvgIpc) is 2.87. The maximum Gasteiger partial charge on any atom is 0.212 e. The molecule has 0 bridgehead atoms. The van der Waals surface area contributed by atoms with Crippen LogP contribution in [0.25, 0.3) is 0 Å². The Balaban J connectivity index is 2.39. The lowest BCUT2D eigenvalue weighted by atomic mass is 10.2. The van der Waals surface area contributed by atoms with Gasteiger partial charge >= 0.3 is 0 Å². The highest BCUT2D eigenvalue weighted by molar-refractivity contribution is 7.89. The number of ether oxygens (including phenoxy) is 1. The highest BCUT2D eigenvalue weighted by Gasteiger charge is 2.29. The van der Waals surface area contributed by atoms with E-state index in [2.05, 4.69) is 4.72 Å². The second-order valence-electron chi connectivity index (χ2n) is 4.07. The van der Waals surface area contributed by atoms with E-state index in [0.29, 0.717) is 25.5 Å². The summed E-state index contributed by atoms with van der Waals surface area (Å²) in [5.41, 5.74) is 5.40. The summed E-state index contributed by atoms with van der Waals surface area (Å²) >= 11 is 0. The lowest BCUT2D eigenvalue weighted by Gasteiger charge is -2.16. The first-order valence-electron chi connectivity index (χ1n) is 5.26. The van der Waals surface area contributed by atoms with E-state index in [1.165, 1.54) is 0 Å². The lowest BCUT2D eigenvalue weighted by molar-refractivity contribution is 0.172. The lowest BCUT2D eigenvalue weighted by Crippen LogP contribution is -2.40. The summed E-state index contributed by atoms with van der Waals surface area (Å²) in [5.74, 6) is 0.612. The Kier molecular flexibility index (Phi) is 4.98. The Morgan fingerprint density at radius 2 is 2.20 bits per heavy atom. The molecule has 1 aliphatic rings. The molecule has 1 aliphatic carbocycles. The molecule has 1 unspecified atom stereocenters. The quantitative estimate of drug-likeness (QED) is 0.605. The Hall–Kier alpha value is -0.170. The minimum atomic E-state index is -3.15. The van der Waals surface area contributed by atoms with E-state index >= 15 is 0 Å². The third-order valence-electron chi connectivity index (χ3n) is 2.38. The van der Waals surface area contributed by atoms with Gasteiger partial charge in [0.25, 0.3) is 0 Å². The topological polar surface area (TPSA) is 81.4 Å². The molecule has 0 amide bonds. The minimum absolute atomic E-state index is 0.191. The molecule has 0 radical (unpaired) electrons. The molecular formula is C9H20N2O3S. The van der Waals surface area contributed by atoms with Gasteiger partial charge in [-0.1, -0.05) is 0 Å². The highest BCUT2D eigenvalue weighted by Crippen LogP contribution is 2.30. The smallest absolute Gasteiger partial charge is 0.212 e. The first kappa shape index (κ1) is 12.9. The second-order valence-corrected chi connectivity index (χ2v) is 5.87. The number of sulfonamides is 1. The fourth-order valence-corrected chi connectivity index (χ4v) is 3.22. The van der Waals surface area contributed by atoms with Crippen molar-refractivity contribution in [2.24, 2.45) is 11.7 Å².